The van der Waals surface area contributed by atoms with Gasteiger partial charge in [-0.2, -0.15) is 0 Å². The predicted octanol–water partition coefficient (Wildman–Crippen LogP) is 6.84. The van der Waals surface area contributed by atoms with Gasteiger partial charge < -0.3 is 4.74 Å². The number of benzene rings is 2. The highest BCUT2D eigenvalue weighted by molar-refractivity contribution is 5.17. The van der Waals surface area contributed by atoms with Crippen LogP contribution in [0.15, 0.2) is 60.7 Å². The fourth-order valence-corrected chi connectivity index (χ4v) is 4.13. The molecule has 2 aromatic rings. The van der Waals surface area contributed by atoms with Gasteiger partial charge in [0, 0.05) is 25.7 Å². The lowest BCUT2D eigenvalue weighted by Crippen LogP contribution is -2.38. The van der Waals surface area contributed by atoms with Crippen LogP contribution in [0.3, 0.4) is 0 Å². The molecule has 2 heteroatoms. The average Bonchev–Trinajstić information content (AvgIpc) is 2.73. The second-order valence-electron chi connectivity index (χ2n) is 7.88. The summed E-state index contributed by atoms with van der Waals surface area (Å²) in [6.45, 7) is 5.25. The first kappa shape index (κ1) is 22.6. The molecule has 154 valence electrons. The van der Waals surface area contributed by atoms with Gasteiger partial charge in [-0.3, -0.25) is 4.90 Å². The van der Waals surface area contributed by atoms with E-state index in [0.717, 1.165) is 19.7 Å². The lowest BCUT2D eigenvalue weighted by molar-refractivity contribution is 0.00297. The topological polar surface area (TPSA) is 12.5 Å². The third-order valence-electron chi connectivity index (χ3n) is 5.72. The summed E-state index contributed by atoms with van der Waals surface area (Å²) in [7, 11) is 0. The van der Waals surface area contributed by atoms with Crippen LogP contribution < -0.4 is 0 Å². The number of ether oxygens (including phenoxy) is 1. The largest absolute Gasteiger partial charge is 0.378 e. The van der Waals surface area contributed by atoms with E-state index < -0.39 is 0 Å². The van der Waals surface area contributed by atoms with Crippen molar-refractivity contribution in [2.24, 2.45) is 0 Å². The molecule has 0 heterocycles. The van der Waals surface area contributed by atoms with E-state index in [9.17, 15) is 0 Å². The van der Waals surface area contributed by atoms with E-state index in [-0.39, 0.29) is 7.43 Å². The molecule has 0 radical (unpaired) electrons. The summed E-state index contributed by atoms with van der Waals surface area (Å²) >= 11 is 0. The monoisotopic (exact) mass is 381 g/mol. The number of hydrogen-bond donors (Lipinski definition) is 0. The lowest BCUT2D eigenvalue weighted by atomic mass is 9.91. The van der Waals surface area contributed by atoms with Gasteiger partial charge in [-0.15, -0.1) is 0 Å². The number of unbranched alkanes of at least 4 members (excludes halogenated alkanes) is 2. The molecular weight excluding hydrogens is 342 g/mol. The van der Waals surface area contributed by atoms with Crippen molar-refractivity contribution in [2.75, 3.05) is 6.61 Å². The molecule has 0 N–H and O–H groups in total. The molecule has 3 rings (SSSR count). The molecule has 1 fully saturated rings. The van der Waals surface area contributed by atoms with Crippen molar-refractivity contribution in [3.63, 3.8) is 0 Å². The fraction of sp³-hybridized carbons (Fsp3) is 0.538. The highest BCUT2D eigenvalue weighted by Gasteiger charge is 2.26. The zero-order chi connectivity index (χ0) is 18.7. The van der Waals surface area contributed by atoms with Crippen molar-refractivity contribution in [2.45, 2.75) is 84.5 Å². The van der Waals surface area contributed by atoms with Crippen LogP contribution >= 0.6 is 0 Å². The second kappa shape index (κ2) is 12.7. The van der Waals surface area contributed by atoms with Crippen molar-refractivity contribution < 1.29 is 4.74 Å². The standard InChI is InChI=1S/C25H35NO.CH4/c1-2-3-10-19-27-25-17-15-24(16-18-25)26(20-22-11-6-4-7-12-22)21-23-13-8-5-9-14-23;/h4-9,11-14,24-25H,2-3,10,15-21H2,1H3;1H4. The maximum atomic E-state index is 6.13. The minimum Gasteiger partial charge on any atom is -0.378 e. The molecule has 0 spiro atoms. The molecule has 28 heavy (non-hydrogen) atoms. The predicted molar refractivity (Wildman–Crippen MR) is 120 cm³/mol. The summed E-state index contributed by atoms with van der Waals surface area (Å²) in [6.07, 6.45) is 9.16. The number of hydrogen-bond acceptors (Lipinski definition) is 2. The van der Waals surface area contributed by atoms with Gasteiger partial charge in [0.15, 0.2) is 0 Å². The Balaban J connectivity index is 0.00000280. The van der Waals surface area contributed by atoms with Gasteiger partial charge in [0.2, 0.25) is 0 Å². The van der Waals surface area contributed by atoms with Crippen LogP contribution in [0.4, 0.5) is 0 Å². The van der Waals surface area contributed by atoms with Crippen LogP contribution in [0.1, 0.15) is 70.4 Å². The van der Waals surface area contributed by atoms with Gasteiger partial charge in [0.1, 0.15) is 0 Å². The third-order valence-corrected chi connectivity index (χ3v) is 5.72. The molecule has 0 amide bonds. The minimum absolute atomic E-state index is 0. The van der Waals surface area contributed by atoms with E-state index in [4.69, 9.17) is 4.74 Å². The third kappa shape index (κ3) is 7.41. The SMILES string of the molecule is C.CCCCCOC1CCC(N(Cc2ccccc2)Cc2ccccc2)CC1. The molecule has 2 aromatic carbocycles. The smallest absolute Gasteiger partial charge is 0.0576 e. The molecular formula is C26H39NO. The molecule has 0 unspecified atom stereocenters. The molecule has 0 bridgehead atoms. The van der Waals surface area contributed by atoms with Crippen LogP contribution in [0.25, 0.3) is 0 Å². The molecule has 0 aromatic heterocycles. The molecule has 2 nitrogen and oxygen atoms in total. The molecule has 0 saturated heterocycles. The summed E-state index contributed by atoms with van der Waals surface area (Å²) in [4.78, 5) is 2.68. The van der Waals surface area contributed by atoms with Crippen molar-refractivity contribution in [1.82, 2.24) is 4.90 Å². The second-order valence-corrected chi connectivity index (χ2v) is 7.88. The van der Waals surface area contributed by atoms with E-state index in [1.807, 2.05) is 0 Å². The van der Waals surface area contributed by atoms with Gasteiger partial charge >= 0.3 is 0 Å². The first-order valence-electron chi connectivity index (χ1n) is 10.8. The zero-order valence-corrected chi connectivity index (χ0v) is 16.9. The molecule has 1 aliphatic carbocycles. The summed E-state index contributed by atoms with van der Waals surface area (Å²) < 4.78 is 6.13. The molecule has 1 saturated carbocycles. The van der Waals surface area contributed by atoms with Crippen LogP contribution in [-0.2, 0) is 17.8 Å². The Hall–Kier alpha value is -1.64. The minimum atomic E-state index is 0. The summed E-state index contributed by atoms with van der Waals surface area (Å²) in [6, 6.07) is 22.5. The Morgan fingerprint density at radius 2 is 1.32 bits per heavy atom. The van der Waals surface area contributed by atoms with Crippen molar-refractivity contribution >= 4 is 0 Å². The Labute approximate surface area is 172 Å². The van der Waals surface area contributed by atoms with Crippen molar-refractivity contribution in [3.05, 3.63) is 71.8 Å². The average molecular weight is 382 g/mol. The highest BCUT2D eigenvalue weighted by atomic mass is 16.5. The normalized spacial score (nSPS) is 19.4. The van der Waals surface area contributed by atoms with E-state index >= 15 is 0 Å². The number of rotatable bonds is 10. The van der Waals surface area contributed by atoms with E-state index in [0.29, 0.717) is 12.1 Å². The lowest BCUT2D eigenvalue weighted by Gasteiger charge is -2.37. The molecule has 0 aliphatic heterocycles. The zero-order valence-electron chi connectivity index (χ0n) is 16.9. The fourth-order valence-electron chi connectivity index (χ4n) is 4.13. The maximum Gasteiger partial charge on any atom is 0.0576 e. The molecule has 1 aliphatic rings. The van der Waals surface area contributed by atoms with E-state index in [1.165, 1.54) is 56.1 Å². The quantitative estimate of drug-likeness (QED) is 0.418. The number of nitrogens with zero attached hydrogens (tertiary/aromatic N) is 1. The van der Waals surface area contributed by atoms with Gasteiger partial charge in [0.25, 0.3) is 0 Å². The van der Waals surface area contributed by atoms with Crippen molar-refractivity contribution in [3.8, 4) is 0 Å². The summed E-state index contributed by atoms with van der Waals surface area (Å²) in [5.74, 6) is 0. The van der Waals surface area contributed by atoms with E-state index in [2.05, 4.69) is 72.5 Å². The Morgan fingerprint density at radius 3 is 1.82 bits per heavy atom. The summed E-state index contributed by atoms with van der Waals surface area (Å²) in [5, 5.41) is 0. The van der Waals surface area contributed by atoms with Crippen LogP contribution in [-0.4, -0.2) is 23.7 Å². The van der Waals surface area contributed by atoms with Gasteiger partial charge in [-0.25, -0.2) is 0 Å². The van der Waals surface area contributed by atoms with Crippen LogP contribution in [0, 0.1) is 0 Å². The van der Waals surface area contributed by atoms with Crippen LogP contribution in [0.2, 0.25) is 0 Å². The Kier molecular flexibility index (Phi) is 10.3. The van der Waals surface area contributed by atoms with Gasteiger partial charge in [-0.1, -0.05) is 87.9 Å². The maximum absolute atomic E-state index is 6.13. The van der Waals surface area contributed by atoms with Crippen LogP contribution in [0.5, 0.6) is 0 Å². The first-order valence-corrected chi connectivity index (χ1v) is 10.8. The van der Waals surface area contributed by atoms with Gasteiger partial charge in [-0.05, 0) is 43.2 Å². The highest BCUT2D eigenvalue weighted by Crippen LogP contribution is 2.28. The van der Waals surface area contributed by atoms with Gasteiger partial charge in [0.05, 0.1) is 6.10 Å². The Morgan fingerprint density at radius 1 is 0.786 bits per heavy atom. The van der Waals surface area contributed by atoms with E-state index in [1.54, 1.807) is 0 Å². The van der Waals surface area contributed by atoms with Crippen molar-refractivity contribution in [1.29, 1.82) is 0 Å². The summed E-state index contributed by atoms with van der Waals surface area (Å²) in [5.41, 5.74) is 2.82. The Bertz CT molecular complexity index is 578. The first-order chi connectivity index (χ1) is 13.3. The molecule has 0 atom stereocenters.